The minimum Gasteiger partial charge on any atom is -0.304 e. The Balaban J connectivity index is 2.08. The minimum atomic E-state index is -0.471. The summed E-state index contributed by atoms with van der Waals surface area (Å²) < 4.78 is 0. The monoisotopic (exact) mass is 253 g/mol. The maximum atomic E-state index is 11.7. The summed E-state index contributed by atoms with van der Waals surface area (Å²) >= 11 is 0. The summed E-state index contributed by atoms with van der Waals surface area (Å²) in [7, 11) is 0. The predicted octanol–water partition coefficient (Wildman–Crippen LogP) is 4.62. The SMILES string of the molecule is Cc1cccc(C)c1NC(=O)N=Nc1ccccc1. The standard InChI is InChI=1S/C15H15N3O/c1-11-7-6-8-12(2)14(11)16-15(19)18-17-13-9-4-3-5-10-13/h3-10H,1-2H3,(H,16,19). The van der Waals surface area contributed by atoms with Gasteiger partial charge >= 0.3 is 6.03 Å². The molecule has 96 valence electrons. The van der Waals surface area contributed by atoms with Gasteiger partial charge in [0.1, 0.15) is 0 Å². The van der Waals surface area contributed by atoms with Crippen LogP contribution in [0.5, 0.6) is 0 Å². The Labute approximate surface area is 112 Å². The second-order valence-corrected chi connectivity index (χ2v) is 4.23. The normalized spacial score (nSPS) is 10.6. The molecule has 1 N–H and O–H groups in total. The predicted molar refractivity (Wildman–Crippen MR) is 75.9 cm³/mol. The first-order valence-corrected chi connectivity index (χ1v) is 6.01. The smallest absolute Gasteiger partial charge is 0.304 e. The quantitative estimate of drug-likeness (QED) is 0.780. The molecule has 4 heteroatoms. The molecule has 0 aliphatic heterocycles. The fraction of sp³-hybridized carbons (Fsp3) is 0.133. The summed E-state index contributed by atoms with van der Waals surface area (Å²) in [4.78, 5) is 11.7. The number of amides is 2. The molecule has 2 amide bonds. The molecule has 2 aromatic rings. The second-order valence-electron chi connectivity index (χ2n) is 4.23. The zero-order chi connectivity index (χ0) is 13.7. The van der Waals surface area contributed by atoms with Crippen molar-refractivity contribution in [2.24, 2.45) is 10.2 Å². The van der Waals surface area contributed by atoms with E-state index in [1.54, 1.807) is 12.1 Å². The van der Waals surface area contributed by atoms with E-state index in [9.17, 15) is 4.79 Å². The number of carbonyl (C=O) groups excluding carboxylic acids is 1. The molecule has 0 aliphatic carbocycles. The third kappa shape index (κ3) is 3.48. The first kappa shape index (κ1) is 13.0. The summed E-state index contributed by atoms with van der Waals surface area (Å²) in [5.41, 5.74) is 3.45. The lowest BCUT2D eigenvalue weighted by Crippen LogP contribution is -2.08. The number of para-hydroxylation sites is 1. The van der Waals surface area contributed by atoms with Crippen molar-refractivity contribution in [2.75, 3.05) is 5.32 Å². The summed E-state index contributed by atoms with van der Waals surface area (Å²) in [6.45, 7) is 3.88. The molecule has 0 saturated heterocycles. The summed E-state index contributed by atoms with van der Waals surface area (Å²) in [5, 5.41) is 10.3. The van der Waals surface area contributed by atoms with Crippen molar-refractivity contribution in [1.82, 2.24) is 0 Å². The van der Waals surface area contributed by atoms with Gasteiger partial charge < -0.3 is 5.32 Å². The van der Waals surface area contributed by atoms with Crippen LogP contribution in [0.3, 0.4) is 0 Å². The maximum absolute atomic E-state index is 11.7. The zero-order valence-electron chi connectivity index (χ0n) is 10.9. The van der Waals surface area contributed by atoms with Crippen molar-refractivity contribution in [3.05, 3.63) is 59.7 Å². The second kappa shape index (κ2) is 5.91. The zero-order valence-corrected chi connectivity index (χ0v) is 10.9. The van der Waals surface area contributed by atoms with Crippen molar-refractivity contribution in [2.45, 2.75) is 13.8 Å². The Morgan fingerprint density at radius 3 is 2.21 bits per heavy atom. The third-order valence-electron chi connectivity index (χ3n) is 2.73. The topological polar surface area (TPSA) is 53.8 Å². The van der Waals surface area contributed by atoms with Gasteiger partial charge in [0.05, 0.1) is 5.69 Å². The van der Waals surface area contributed by atoms with Crippen LogP contribution in [-0.4, -0.2) is 6.03 Å². The minimum absolute atomic E-state index is 0.471. The van der Waals surface area contributed by atoms with Gasteiger partial charge in [-0.3, -0.25) is 0 Å². The Bertz CT molecular complexity index is 586. The fourth-order valence-electron chi connectivity index (χ4n) is 1.74. The number of benzene rings is 2. The van der Waals surface area contributed by atoms with Gasteiger partial charge in [0, 0.05) is 5.69 Å². The lowest BCUT2D eigenvalue weighted by Gasteiger charge is -2.08. The summed E-state index contributed by atoms with van der Waals surface area (Å²) in [5.74, 6) is 0. The first-order chi connectivity index (χ1) is 9.16. The van der Waals surface area contributed by atoms with Gasteiger partial charge in [-0.2, -0.15) is 0 Å². The molecule has 0 saturated carbocycles. The first-order valence-electron chi connectivity index (χ1n) is 6.01. The van der Waals surface area contributed by atoms with E-state index in [-0.39, 0.29) is 0 Å². The number of hydrogen-bond acceptors (Lipinski definition) is 2. The molecule has 0 atom stereocenters. The lowest BCUT2D eigenvalue weighted by molar-refractivity contribution is 0.258. The van der Waals surface area contributed by atoms with Crippen LogP contribution in [0.2, 0.25) is 0 Å². The largest absolute Gasteiger partial charge is 0.364 e. The molecule has 19 heavy (non-hydrogen) atoms. The Kier molecular flexibility index (Phi) is 4.03. The molecule has 4 nitrogen and oxygen atoms in total. The van der Waals surface area contributed by atoms with Crippen LogP contribution in [0.15, 0.2) is 58.8 Å². The van der Waals surface area contributed by atoms with Crippen LogP contribution in [-0.2, 0) is 0 Å². The van der Waals surface area contributed by atoms with Crippen LogP contribution in [0.1, 0.15) is 11.1 Å². The Hall–Kier alpha value is -2.49. The molecule has 0 heterocycles. The van der Waals surface area contributed by atoms with E-state index in [1.807, 2.05) is 50.2 Å². The van der Waals surface area contributed by atoms with Gasteiger partial charge in [0.25, 0.3) is 0 Å². The van der Waals surface area contributed by atoms with Crippen LogP contribution in [0.25, 0.3) is 0 Å². The molecule has 0 aliphatic rings. The number of hydrogen-bond donors (Lipinski definition) is 1. The van der Waals surface area contributed by atoms with E-state index in [0.717, 1.165) is 16.8 Å². The molecule has 0 unspecified atom stereocenters. The molecule has 2 rings (SSSR count). The van der Waals surface area contributed by atoms with E-state index in [0.29, 0.717) is 5.69 Å². The molecule has 0 aromatic heterocycles. The molecular formula is C15H15N3O. The Morgan fingerprint density at radius 2 is 1.58 bits per heavy atom. The van der Waals surface area contributed by atoms with Crippen LogP contribution < -0.4 is 5.32 Å². The molecular weight excluding hydrogens is 238 g/mol. The fourth-order valence-corrected chi connectivity index (χ4v) is 1.74. The van der Waals surface area contributed by atoms with E-state index < -0.39 is 6.03 Å². The van der Waals surface area contributed by atoms with Crippen molar-refractivity contribution in [1.29, 1.82) is 0 Å². The van der Waals surface area contributed by atoms with Gasteiger partial charge in [-0.1, -0.05) is 41.5 Å². The lowest BCUT2D eigenvalue weighted by atomic mass is 10.1. The van der Waals surface area contributed by atoms with Crippen LogP contribution in [0.4, 0.5) is 16.2 Å². The molecule has 0 spiro atoms. The van der Waals surface area contributed by atoms with Crippen molar-refractivity contribution in [3.63, 3.8) is 0 Å². The highest BCUT2D eigenvalue weighted by molar-refractivity contribution is 5.91. The average molecular weight is 253 g/mol. The highest BCUT2D eigenvalue weighted by Gasteiger charge is 2.05. The highest BCUT2D eigenvalue weighted by Crippen LogP contribution is 2.19. The number of carbonyl (C=O) groups is 1. The number of rotatable bonds is 2. The number of nitrogens with zero attached hydrogens (tertiary/aromatic N) is 2. The van der Waals surface area contributed by atoms with Gasteiger partial charge in [-0.15, -0.1) is 5.11 Å². The number of nitrogens with one attached hydrogen (secondary N) is 1. The average Bonchev–Trinajstić information content (AvgIpc) is 2.42. The molecule has 0 radical (unpaired) electrons. The molecule has 2 aromatic carbocycles. The van der Waals surface area contributed by atoms with E-state index >= 15 is 0 Å². The van der Waals surface area contributed by atoms with Gasteiger partial charge in [-0.25, -0.2) is 4.79 Å². The molecule has 0 bridgehead atoms. The molecule has 0 fully saturated rings. The van der Waals surface area contributed by atoms with Crippen molar-refractivity contribution >= 4 is 17.4 Å². The van der Waals surface area contributed by atoms with Crippen molar-refractivity contribution < 1.29 is 4.79 Å². The van der Waals surface area contributed by atoms with Gasteiger partial charge in [0.2, 0.25) is 0 Å². The number of azo groups is 1. The van der Waals surface area contributed by atoms with Gasteiger partial charge in [0.15, 0.2) is 0 Å². The van der Waals surface area contributed by atoms with Crippen molar-refractivity contribution in [3.8, 4) is 0 Å². The highest BCUT2D eigenvalue weighted by atomic mass is 16.2. The van der Waals surface area contributed by atoms with E-state index in [2.05, 4.69) is 15.5 Å². The summed E-state index contributed by atoms with van der Waals surface area (Å²) in [6, 6.07) is 14.5. The summed E-state index contributed by atoms with van der Waals surface area (Å²) in [6.07, 6.45) is 0. The van der Waals surface area contributed by atoms with E-state index in [1.165, 1.54) is 0 Å². The van der Waals surface area contributed by atoms with Crippen LogP contribution >= 0.6 is 0 Å². The maximum Gasteiger partial charge on any atom is 0.364 e. The van der Waals surface area contributed by atoms with Crippen LogP contribution in [0, 0.1) is 13.8 Å². The number of urea groups is 1. The van der Waals surface area contributed by atoms with E-state index in [4.69, 9.17) is 0 Å². The van der Waals surface area contributed by atoms with Gasteiger partial charge in [-0.05, 0) is 37.1 Å². The Morgan fingerprint density at radius 1 is 0.947 bits per heavy atom. The third-order valence-corrected chi connectivity index (χ3v) is 2.73. The number of aryl methyl sites for hydroxylation is 2. The number of anilines is 1.